The number of amides is 1. The van der Waals surface area contributed by atoms with Crippen molar-refractivity contribution in [3.05, 3.63) is 42.5 Å². The molecular formula is C18H22N2O2. The maximum absolute atomic E-state index is 12.2. The Morgan fingerprint density at radius 2 is 1.82 bits per heavy atom. The molecule has 1 heterocycles. The molecule has 116 valence electrons. The largest absolute Gasteiger partial charge is 0.373 e. The number of rotatable bonds is 3. The van der Waals surface area contributed by atoms with Crippen molar-refractivity contribution in [3.63, 3.8) is 0 Å². The first kappa shape index (κ1) is 15.0. The van der Waals surface area contributed by atoms with Crippen LogP contribution in [-0.4, -0.2) is 42.6 Å². The van der Waals surface area contributed by atoms with E-state index in [0.717, 1.165) is 24.2 Å². The molecule has 0 unspecified atom stereocenters. The number of hydrogen-bond donors (Lipinski definition) is 1. The lowest BCUT2D eigenvalue weighted by atomic mass is 10.1. The number of anilines is 1. The fourth-order valence-corrected chi connectivity index (χ4v) is 3.08. The predicted molar refractivity (Wildman–Crippen MR) is 89.0 cm³/mol. The second-order valence-corrected chi connectivity index (χ2v) is 6.06. The van der Waals surface area contributed by atoms with E-state index < -0.39 is 0 Å². The maximum Gasteiger partial charge on any atom is 0.238 e. The van der Waals surface area contributed by atoms with Gasteiger partial charge in [0.15, 0.2) is 0 Å². The molecule has 1 aliphatic rings. The van der Waals surface area contributed by atoms with Crippen LogP contribution in [0.25, 0.3) is 10.8 Å². The molecule has 2 atom stereocenters. The average molecular weight is 298 g/mol. The summed E-state index contributed by atoms with van der Waals surface area (Å²) >= 11 is 0. The SMILES string of the molecule is C[C@@H]1CN(CC(=O)Nc2ccc3ccccc3c2)C[C@H](C)O1. The summed E-state index contributed by atoms with van der Waals surface area (Å²) in [7, 11) is 0. The van der Waals surface area contributed by atoms with Gasteiger partial charge < -0.3 is 10.1 Å². The number of morpholine rings is 1. The van der Waals surface area contributed by atoms with E-state index in [-0.39, 0.29) is 18.1 Å². The summed E-state index contributed by atoms with van der Waals surface area (Å²) in [5, 5.41) is 5.30. The normalized spacial score (nSPS) is 22.6. The van der Waals surface area contributed by atoms with Crippen LogP contribution < -0.4 is 5.32 Å². The summed E-state index contributed by atoms with van der Waals surface area (Å²) < 4.78 is 5.69. The lowest BCUT2D eigenvalue weighted by Crippen LogP contribution is -2.48. The number of fused-ring (bicyclic) bond motifs is 1. The highest BCUT2D eigenvalue weighted by Gasteiger charge is 2.23. The average Bonchev–Trinajstić information content (AvgIpc) is 2.45. The van der Waals surface area contributed by atoms with Crippen LogP contribution in [-0.2, 0) is 9.53 Å². The third-order valence-electron chi connectivity index (χ3n) is 3.90. The van der Waals surface area contributed by atoms with Crippen LogP contribution in [0.3, 0.4) is 0 Å². The number of hydrogen-bond acceptors (Lipinski definition) is 3. The van der Waals surface area contributed by atoms with Crippen molar-refractivity contribution in [1.29, 1.82) is 0 Å². The molecule has 4 nitrogen and oxygen atoms in total. The lowest BCUT2D eigenvalue weighted by Gasteiger charge is -2.34. The fourth-order valence-electron chi connectivity index (χ4n) is 3.08. The van der Waals surface area contributed by atoms with Crippen molar-refractivity contribution in [2.75, 3.05) is 25.0 Å². The van der Waals surface area contributed by atoms with E-state index in [4.69, 9.17) is 4.74 Å². The van der Waals surface area contributed by atoms with Gasteiger partial charge in [0.1, 0.15) is 0 Å². The predicted octanol–water partition coefficient (Wildman–Crippen LogP) is 2.89. The molecule has 4 heteroatoms. The highest BCUT2D eigenvalue weighted by atomic mass is 16.5. The molecule has 22 heavy (non-hydrogen) atoms. The molecule has 2 aromatic carbocycles. The highest BCUT2D eigenvalue weighted by molar-refractivity contribution is 5.95. The van der Waals surface area contributed by atoms with E-state index >= 15 is 0 Å². The third kappa shape index (κ3) is 3.64. The number of carbonyl (C=O) groups is 1. The highest BCUT2D eigenvalue weighted by Crippen LogP contribution is 2.19. The van der Waals surface area contributed by atoms with Gasteiger partial charge in [-0.15, -0.1) is 0 Å². The van der Waals surface area contributed by atoms with Gasteiger partial charge in [0, 0.05) is 18.8 Å². The molecule has 0 aliphatic carbocycles. The Morgan fingerprint density at radius 1 is 1.14 bits per heavy atom. The van der Waals surface area contributed by atoms with Gasteiger partial charge in [0.25, 0.3) is 0 Å². The molecule has 0 spiro atoms. The molecule has 0 radical (unpaired) electrons. The van der Waals surface area contributed by atoms with Crippen molar-refractivity contribution < 1.29 is 9.53 Å². The van der Waals surface area contributed by atoms with Gasteiger partial charge in [-0.25, -0.2) is 0 Å². The summed E-state index contributed by atoms with van der Waals surface area (Å²) in [5.41, 5.74) is 0.845. The topological polar surface area (TPSA) is 41.6 Å². The number of nitrogens with zero attached hydrogens (tertiary/aromatic N) is 1. The van der Waals surface area contributed by atoms with Gasteiger partial charge in [-0.1, -0.05) is 30.3 Å². The zero-order valence-corrected chi connectivity index (χ0v) is 13.1. The van der Waals surface area contributed by atoms with Crippen LogP contribution >= 0.6 is 0 Å². The summed E-state index contributed by atoms with van der Waals surface area (Å²) in [6.45, 7) is 6.10. The Labute approximate surface area is 131 Å². The zero-order chi connectivity index (χ0) is 15.5. The molecule has 0 aromatic heterocycles. The number of benzene rings is 2. The second kappa shape index (κ2) is 6.46. The Bertz CT molecular complexity index is 661. The van der Waals surface area contributed by atoms with E-state index in [1.807, 2.05) is 44.2 Å². The van der Waals surface area contributed by atoms with Gasteiger partial charge in [0.2, 0.25) is 5.91 Å². The Balaban J connectivity index is 1.63. The lowest BCUT2D eigenvalue weighted by molar-refractivity contribution is -0.121. The molecular weight excluding hydrogens is 276 g/mol. The summed E-state index contributed by atoms with van der Waals surface area (Å²) in [6, 6.07) is 14.1. The quantitative estimate of drug-likeness (QED) is 0.947. The monoisotopic (exact) mass is 298 g/mol. The maximum atomic E-state index is 12.2. The van der Waals surface area contributed by atoms with Crippen LogP contribution in [0.15, 0.2) is 42.5 Å². The fraction of sp³-hybridized carbons (Fsp3) is 0.389. The van der Waals surface area contributed by atoms with Crippen molar-refractivity contribution >= 4 is 22.4 Å². The van der Waals surface area contributed by atoms with Gasteiger partial charge in [-0.2, -0.15) is 0 Å². The van der Waals surface area contributed by atoms with Crippen molar-refractivity contribution in [2.45, 2.75) is 26.1 Å². The molecule has 1 N–H and O–H groups in total. The van der Waals surface area contributed by atoms with E-state index in [2.05, 4.69) is 22.3 Å². The second-order valence-electron chi connectivity index (χ2n) is 6.06. The van der Waals surface area contributed by atoms with Gasteiger partial charge in [-0.3, -0.25) is 9.69 Å². The smallest absolute Gasteiger partial charge is 0.238 e. The Morgan fingerprint density at radius 3 is 2.55 bits per heavy atom. The molecule has 1 aliphatic heterocycles. The van der Waals surface area contributed by atoms with Crippen LogP contribution in [0.1, 0.15) is 13.8 Å². The zero-order valence-electron chi connectivity index (χ0n) is 13.1. The third-order valence-corrected chi connectivity index (χ3v) is 3.90. The summed E-state index contributed by atoms with van der Waals surface area (Å²) in [5.74, 6) is 0.0246. The molecule has 2 aromatic rings. The number of nitrogens with one attached hydrogen (secondary N) is 1. The first-order chi connectivity index (χ1) is 10.6. The first-order valence-corrected chi connectivity index (χ1v) is 7.76. The minimum absolute atomic E-state index is 0.0246. The van der Waals surface area contributed by atoms with Crippen LogP contribution in [0.5, 0.6) is 0 Å². The number of ether oxygens (including phenoxy) is 1. The van der Waals surface area contributed by atoms with Crippen molar-refractivity contribution in [3.8, 4) is 0 Å². The molecule has 1 saturated heterocycles. The summed E-state index contributed by atoms with van der Waals surface area (Å²) in [6.07, 6.45) is 0.356. The van der Waals surface area contributed by atoms with E-state index in [0.29, 0.717) is 6.54 Å². The molecule has 0 bridgehead atoms. The van der Waals surface area contributed by atoms with Crippen LogP contribution in [0, 0.1) is 0 Å². The van der Waals surface area contributed by atoms with E-state index in [1.165, 1.54) is 5.39 Å². The van der Waals surface area contributed by atoms with Gasteiger partial charge in [0.05, 0.1) is 18.8 Å². The van der Waals surface area contributed by atoms with Crippen molar-refractivity contribution in [2.24, 2.45) is 0 Å². The van der Waals surface area contributed by atoms with Crippen molar-refractivity contribution in [1.82, 2.24) is 4.90 Å². The summed E-state index contributed by atoms with van der Waals surface area (Å²) in [4.78, 5) is 14.4. The molecule has 0 saturated carbocycles. The Hall–Kier alpha value is -1.91. The van der Waals surface area contributed by atoms with Gasteiger partial charge in [-0.05, 0) is 36.8 Å². The van der Waals surface area contributed by atoms with Crippen LogP contribution in [0.4, 0.5) is 5.69 Å². The Kier molecular flexibility index (Phi) is 4.41. The number of carbonyl (C=O) groups excluding carboxylic acids is 1. The molecule has 3 rings (SSSR count). The standard InChI is InChI=1S/C18H22N2O2/c1-13-10-20(11-14(2)22-13)12-18(21)19-17-8-7-15-5-3-4-6-16(15)9-17/h3-9,13-14H,10-12H2,1-2H3,(H,19,21)/t13-,14+. The van der Waals surface area contributed by atoms with E-state index in [1.54, 1.807) is 0 Å². The minimum Gasteiger partial charge on any atom is -0.373 e. The first-order valence-electron chi connectivity index (χ1n) is 7.76. The van der Waals surface area contributed by atoms with Gasteiger partial charge >= 0.3 is 0 Å². The minimum atomic E-state index is 0.0246. The molecule has 1 amide bonds. The molecule has 1 fully saturated rings. The van der Waals surface area contributed by atoms with E-state index in [9.17, 15) is 4.79 Å². The van der Waals surface area contributed by atoms with Crippen LogP contribution in [0.2, 0.25) is 0 Å².